The summed E-state index contributed by atoms with van der Waals surface area (Å²) in [6, 6.07) is 14.3. The number of carbonyl (C=O) groups is 1. The Morgan fingerprint density at radius 3 is 2.60 bits per heavy atom. The summed E-state index contributed by atoms with van der Waals surface area (Å²) in [7, 11) is 0. The molecular formula is C18H17N3O3S. The van der Waals surface area contributed by atoms with Crippen LogP contribution in [0.15, 0.2) is 58.2 Å². The first-order chi connectivity index (χ1) is 12.0. The Balaban J connectivity index is 1.65. The van der Waals surface area contributed by atoms with E-state index in [9.17, 15) is 9.90 Å². The van der Waals surface area contributed by atoms with Crippen molar-refractivity contribution in [1.82, 2.24) is 10.2 Å². The molecule has 0 aliphatic heterocycles. The molecule has 1 aromatic heterocycles. The molecule has 3 rings (SSSR count). The van der Waals surface area contributed by atoms with Crippen LogP contribution in [-0.2, 0) is 4.79 Å². The van der Waals surface area contributed by atoms with Gasteiger partial charge in [-0.2, -0.15) is 0 Å². The van der Waals surface area contributed by atoms with Gasteiger partial charge in [-0.25, -0.2) is 0 Å². The monoisotopic (exact) mass is 355 g/mol. The van der Waals surface area contributed by atoms with E-state index in [2.05, 4.69) is 15.5 Å². The number of hydrogen-bond donors (Lipinski definition) is 2. The van der Waals surface area contributed by atoms with E-state index in [1.165, 1.54) is 0 Å². The van der Waals surface area contributed by atoms with E-state index in [1.54, 1.807) is 31.2 Å². The van der Waals surface area contributed by atoms with Gasteiger partial charge in [-0.15, -0.1) is 10.2 Å². The highest BCUT2D eigenvalue weighted by Crippen LogP contribution is 2.31. The lowest BCUT2D eigenvalue weighted by molar-refractivity contribution is -0.115. The van der Waals surface area contributed by atoms with Gasteiger partial charge in [-0.3, -0.25) is 4.79 Å². The highest BCUT2D eigenvalue weighted by molar-refractivity contribution is 8.00. The first-order valence-corrected chi connectivity index (χ1v) is 8.57. The second kappa shape index (κ2) is 7.40. The van der Waals surface area contributed by atoms with E-state index in [1.807, 2.05) is 31.2 Å². The minimum Gasteiger partial charge on any atom is -0.507 e. The van der Waals surface area contributed by atoms with Crippen LogP contribution < -0.4 is 5.32 Å². The topological polar surface area (TPSA) is 88.2 Å². The van der Waals surface area contributed by atoms with Gasteiger partial charge < -0.3 is 14.8 Å². The number of hydrogen-bond acceptors (Lipinski definition) is 6. The van der Waals surface area contributed by atoms with Gasteiger partial charge in [0.25, 0.3) is 11.1 Å². The highest BCUT2D eigenvalue weighted by atomic mass is 32.2. The average Bonchev–Trinajstić information content (AvgIpc) is 3.05. The molecule has 0 radical (unpaired) electrons. The summed E-state index contributed by atoms with van der Waals surface area (Å²) in [5.74, 6) is 0.121. The Morgan fingerprint density at radius 2 is 1.88 bits per heavy atom. The molecule has 1 unspecified atom stereocenters. The number of aromatic nitrogens is 2. The van der Waals surface area contributed by atoms with Crippen LogP contribution in [0.25, 0.3) is 11.5 Å². The number of anilines is 1. The number of benzene rings is 2. The second-order valence-electron chi connectivity index (χ2n) is 5.51. The van der Waals surface area contributed by atoms with Crippen LogP contribution in [0.5, 0.6) is 5.75 Å². The van der Waals surface area contributed by atoms with Gasteiger partial charge in [-0.05, 0) is 38.1 Å². The zero-order valence-corrected chi connectivity index (χ0v) is 14.6. The standard InChI is InChI=1S/C18H17N3O3S/c1-11-7-9-13(10-8-11)19-16(23)12(2)25-18-21-20-17(24-18)14-5-3-4-6-15(14)22/h3-10,12,22H,1-2H3,(H,19,23). The first kappa shape index (κ1) is 17.0. The zero-order valence-electron chi connectivity index (χ0n) is 13.8. The van der Waals surface area contributed by atoms with E-state index >= 15 is 0 Å². The highest BCUT2D eigenvalue weighted by Gasteiger charge is 2.19. The van der Waals surface area contributed by atoms with Crippen LogP contribution in [0.3, 0.4) is 0 Å². The van der Waals surface area contributed by atoms with Crippen molar-refractivity contribution in [3.8, 4) is 17.2 Å². The number of aryl methyl sites for hydroxylation is 1. The molecule has 0 saturated carbocycles. The fraction of sp³-hybridized carbons (Fsp3) is 0.167. The Kier molecular flexibility index (Phi) is 5.04. The maximum absolute atomic E-state index is 12.3. The maximum atomic E-state index is 12.3. The number of para-hydroxylation sites is 1. The van der Waals surface area contributed by atoms with Crippen molar-refractivity contribution in [1.29, 1.82) is 0 Å². The molecule has 6 nitrogen and oxygen atoms in total. The van der Waals surface area contributed by atoms with Crippen LogP contribution in [0.2, 0.25) is 0 Å². The number of thioether (sulfide) groups is 1. The van der Waals surface area contributed by atoms with Gasteiger partial charge in [-0.1, -0.05) is 41.6 Å². The molecule has 0 spiro atoms. The van der Waals surface area contributed by atoms with Gasteiger partial charge >= 0.3 is 0 Å². The minimum absolute atomic E-state index is 0.0628. The smallest absolute Gasteiger partial charge is 0.277 e. The van der Waals surface area contributed by atoms with Crippen LogP contribution in [0, 0.1) is 6.92 Å². The van der Waals surface area contributed by atoms with E-state index in [0.717, 1.165) is 23.0 Å². The van der Waals surface area contributed by atoms with E-state index < -0.39 is 5.25 Å². The van der Waals surface area contributed by atoms with Crippen molar-refractivity contribution in [2.45, 2.75) is 24.3 Å². The lowest BCUT2D eigenvalue weighted by atomic mass is 10.2. The summed E-state index contributed by atoms with van der Waals surface area (Å²) in [6.45, 7) is 3.75. The number of nitrogens with zero attached hydrogens (tertiary/aromatic N) is 2. The Hall–Kier alpha value is -2.80. The molecule has 128 valence electrons. The minimum atomic E-state index is -0.418. The van der Waals surface area contributed by atoms with Crippen molar-refractivity contribution >= 4 is 23.4 Å². The molecule has 3 aromatic rings. The maximum Gasteiger partial charge on any atom is 0.277 e. The first-order valence-electron chi connectivity index (χ1n) is 7.69. The number of phenols is 1. The van der Waals surface area contributed by atoms with Gasteiger partial charge in [0.2, 0.25) is 5.91 Å². The van der Waals surface area contributed by atoms with Crippen LogP contribution in [0.1, 0.15) is 12.5 Å². The van der Waals surface area contributed by atoms with Crippen molar-refractivity contribution in [2.75, 3.05) is 5.32 Å². The van der Waals surface area contributed by atoms with Gasteiger partial charge in [0.15, 0.2) is 0 Å². The third-order valence-electron chi connectivity index (χ3n) is 3.51. The van der Waals surface area contributed by atoms with Crippen LogP contribution in [0.4, 0.5) is 5.69 Å². The molecule has 7 heteroatoms. The molecule has 0 saturated heterocycles. The van der Waals surface area contributed by atoms with Gasteiger partial charge in [0.1, 0.15) is 5.75 Å². The normalized spacial score (nSPS) is 11.9. The van der Waals surface area contributed by atoms with Crippen molar-refractivity contribution in [2.24, 2.45) is 0 Å². The lowest BCUT2D eigenvalue weighted by Crippen LogP contribution is -2.22. The van der Waals surface area contributed by atoms with Crippen molar-refractivity contribution < 1.29 is 14.3 Å². The summed E-state index contributed by atoms with van der Waals surface area (Å²) in [5, 5.41) is 20.4. The second-order valence-corrected chi connectivity index (χ2v) is 6.80. The summed E-state index contributed by atoms with van der Waals surface area (Å²) in [5.41, 5.74) is 2.32. The molecule has 1 heterocycles. The molecule has 2 aromatic carbocycles. The van der Waals surface area contributed by atoms with Crippen LogP contribution >= 0.6 is 11.8 Å². The quantitative estimate of drug-likeness (QED) is 0.676. The van der Waals surface area contributed by atoms with Gasteiger partial charge in [0, 0.05) is 5.69 Å². The number of nitrogens with one attached hydrogen (secondary N) is 1. The van der Waals surface area contributed by atoms with Crippen molar-refractivity contribution in [3.05, 3.63) is 54.1 Å². The lowest BCUT2D eigenvalue weighted by Gasteiger charge is -2.10. The average molecular weight is 355 g/mol. The Labute approximate surface area is 149 Å². The Morgan fingerprint density at radius 1 is 1.16 bits per heavy atom. The molecule has 0 fully saturated rings. The third-order valence-corrected chi connectivity index (χ3v) is 4.44. The molecule has 25 heavy (non-hydrogen) atoms. The number of phenolic OH excluding ortho intramolecular Hbond substituents is 1. The van der Waals surface area contributed by atoms with Crippen LogP contribution in [-0.4, -0.2) is 26.5 Å². The molecular weight excluding hydrogens is 338 g/mol. The SMILES string of the molecule is Cc1ccc(NC(=O)C(C)Sc2nnc(-c3ccccc3O)o2)cc1. The van der Waals surface area contributed by atoms with Crippen molar-refractivity contribution in [3.63, 3.8) is 0 Å². The summed E-state index contributed by atoms with van der Waals surface area (Å²) < 4.78 is 5.54. The predicted molar refractivity (Wildman–Crippen MR) is 96.5 cm³/mol. The zero-order chi connectivity index (χ0) is 17.8. The summed E-state index contributed by atoms with van der Waals surface area (Å²) in [6.07, 6.45) is 0. The molecule has 1 amide bonds. The number of rotatable bonds is 5. The summed E-state index contributed by atoms with van der Waals surface area (Å²) in [4.78, 5) is 12.3. The number of amides is 1. The molecule has 0 bridgehead atoms. The molecule has 1 atom stereocenters. The number of carbonyl (C=O) groups excluding carboxylic acids is 1. The molecule has 2 N–H and O–H groups in total. The van der Waals surface area contributed by atoms with E-state index in [-0.39, 0.29) is 22.8 Å². The van der Waals surface area contributed by atoms with E-state index in [4.69, 9.17) is 4.42 Å². The number of aromatic hydroxyl groups is 1. The molecule has 0 aliphatic rings. The van der Waals surface area contributed by atoms with E-state index in [0.29, 0.717) is 5.56 Å². The largest absolute Gasteiger partial charge is 0.507 e. The fourth-order valence-corrected chi connectivity index (χ4v) is 2.79. The predicted octanol–water partition coefficient (Wildman–Crippen LogP) is 3.87. The fourth-order valence-electron chi connectivity index (χ4n) is 2.11. The molecule has 0 aliphatic carbocycles. The third kappa shape index (κ3) is 4.19. The Bertz CT molecular complexity index is 877. The summed E-state index contributed by atoms with van der Waals surface area (Å²) >= 11 is 1.16. The van der Waals surface area contributed by atoms with Gasteiger partial charge in [0.05, 0.1) is 10.8 Å².